The first-order chi connectivity index (χ1) is 12.3. The minimum atomic E-state index is 0.154. The Morgan fingerprint density at radius 2 is 2.00 bits per heavy atom. The van der Waals surface area contributed by atoms with Crippen LogP contribution < -0.4 is 9.64 Å². The standard InChI is InChI=1S/C19H17N3O3/c23-18-10-5-11-22(18)15-8-4-9-16(12-15)24-13-17-20-19(21-25-17)14-6-2-1-3-7-14/h1-4,6-9,12H,5,10-11,13H2. The Morgan fingerprint density at radius 3 is 2.80 bits per heavy atom. The molecule has 1 aromatic heterocycles. The van der Waals surface area contributed by atoms with Crippen LogP contribution >= 0.6 is 0 Å². The van der Waals surface area contributed by atoms with E-state index in [4.69, 9.17) is 9.26 Å². The molecule has 0 saturated carbocycles. The Kier molecular flexibility index (Phi) is 4.16. The molecule has 1 aliphatic heterocycles. The van der Waals surface area contributed by atoms with Crippen molar-refractivity contribution in [2.24, 2.45) is 0 Å². The van der Waals surface area contributed by atoms with E-state index in [1.54, 1.807) is 4.90 Å². The summed E-state index contributed by atoms with van der Waals surface area (Å²) < 4.78 is 11.0. The predicted octanol–water partition coefficient (Wildman–Crippen LogP) is 3.44. The van der Waals surface area contributed by atoms with Crippen molar-refractivity contribution in [1.29, 1.82) is 0 Å². The molecule has 0 spiro atoms. The van der Waals surface area contributed by atoms with Gasteiger partial charge in [-0.05, 0) is 18.6 Å². The molecule has 0 atom stereocenters. The Bertz CT molecular complexity index is 876. The number of ether oxygens (including phenoxy) is 1. The van der Waals surface area contributed by atoms with Gasteiger partial charge in [-0.1, -0.05) is 41.6 Å². The molecular weight excluding hydrogens is 318 g/mol. The summed E-state index contributed by atoms with van der Waals surface area (Å²) in [5, 5.41) is 3.97. The molecule has 0 unspecified atom stereocenters. The summed E-state index contributed by atoms with van der Waals surface area (Å²) >= 11 is 0. The number of rotatable bonds is 5. The molecule has 0 N–H and O–H groups in total. The molecule has 4 rings (SSSR count). The van der Waals surface area contributed by atoms with Crippen molar-refractivity contribution in [3.63, 3.8) is 0 Å². The molecule has 126 valence electrons. The van der Waals surface area contributed by atoms with Crippen LogP contribution in [-0.4, -0.2) is 22.6 Å². The summed E-state index contributed by atoms with van der Waals surface area (Å²) in [7, 11) is 0. The first kappa shape index (κ1) is 15.4. The number of amides is 1. The monoisotopic (exact) mass is 335 g/mol. The minimum Gasteiger partial charge on any atom is -0.484 e. The Labute approximate surface area is 145 Å². The van der Waals surface area contributed by atoms with Crippen molar-refractivity contribution in [3.05, 3.63) is 60.5 Å². The van der Waals surface area contributed by atoms with Gasteiger partial charge in [0, 0.05) is 30.3 Å². The summed E-state index contributed by atoms with van der Waals surface area (Å²) in [5.41, 5.74) is 1.75. The fourth-order valence-corrected chi connectivity index (χ4v) is 2.83. The molecule has 2 aromatic carbocycles. The van der Waals surface area contributed by atoms with E-state index in [2.05, 4.69) is 10.1 Å². The summed E-state index contributed by atoms with van der Waals surface area (Å²) in [6, 6.07) is 17.1. The second-order valence-electron chi connectivity index (χ2n) is 5.81. The van der Waals surface area contributed by atoms with E-state index in [1.807, 2.05) is 54.6 Å². The van der Waals surface area contributed by atoms with Gasteiger partial charge in [0.1, 0.15) is 5.75 Å². The minimum absolute atomic E-state index is 0.154. The van der Waals surface area contributed by atoms with Crippen LogP contribution in [0.3, 0.4) is 0 Å². The molecule has 1 fully saturated rings. The molecule has 6 nitrogen and oxygen atoms in total. The normalized spacial score (nSPS) is 14.1. The van der Waals surface area contributed by atoms with Gasteiger partial charge >= 0.3 is 0 Å². The summed E-state index contributed by atoms with van der Waals surface area (Å²) in [4.78, 5) is 18.0. The topological polar surface area (TPSA) is 68.5 Å². The zero-order valence-corrected chi connectivity index (χ0v) is 13.6. The molecule has 6 heteroatoms. The van der Waals surface area contributed by atoms with Gasteiger partial charge in [0.05, 0.1) is 0 Å². The highest BCUT2D eigenvalue weighted by atomic mass is 16.5. The third-order valence-corrected chi connectivity index (χ3v) is 4.07. The van der Waals surface area contributed by atoms with Gasteiger partial charge in [0.15, 0.2) is 6.61 Å². The van der Waals surface area contributed by atoms with Crippen LogP contribution in [0.15, 0.2) is 59.1 Å². The van der Waals surface area contributed by atoms with E-state index in [9.17, 15) is 4.79 Å². The maximum atomic E-state index is 11.9. The van der Waals surface area contributed by atoms with Crippen molar-refractivity contribution in [3.8, 4) is 17.1 Å². The van der Waals surface area contributed by atoms with Gasteiger partial charge < -0.3 is 14.2 Å². The van der Waals surface area contributed by atoms with Crippen molar-refractivity contribution in [2.75, 3.05) is 11.4 Å². The van der Waals surface area contributed by atoms with Gasteiger partial charge in [-0.15, -0.1) is 0 Å². The fraction of sp³-hybridized carbons (Fsp3) is 0.211. The lowest BCUT2D eigenvalue weighted by Crippen LogP contribution is -2.23. The number of hydrogen-bond donors (Lipinski definition) is 0. The number of hydrogen-bond acceptors (Lipinski definition) is 5. The van der Waals surface area contributed by atoms with Crippen LogP contribution in [-0.2, 0) is 11.4 Å². The average molecular weight is 335 g/mol. The molecule has 3 aromatic rings. The van der Waals surface area contributed by atoms with Crippen LogP contribution in [0.5, 0.6) is 5.75 Å². The number of carbonyl (C=O) groups is 1. The zero-order chi connectivity index (χ0) is 17.1. The lowest BCUT2D eigenvalue weighted by atomic mass is 10.2. The van der Waals surface area contributed by atoms with Crippen LogP contribution in [0, 0.1) is 0 Å². The van der Waals surface area contributed by atoms with Crippen LogP contribution in [0.2, 0.25) is 0 Å². The number of aromatic nitrogens is 2. The first-order valence-electron chi connectivity index (χ1n) is 8.21. The number of anilines is 1. The van der Waals surface area contributed by atoms with Gasteiger partial charge in [-0.25, -0.2) is 0 Å². The summed E-state index contributed by atoms with van der Waals surface area (Å²) in [6.07, 6.45) is 1.50. The lowest BCUT2D eigenvalue weighted by Gasteiger charge is -2.16. The Hall–Kier alpha value is -3.15. The zero-order valence-electron chi connectivity index (χ0n) is 13.6. The highest BCUT2D eigenvalue weighted by Crippen LogP contribution is 2.26. The molecule has 0 bridgehead atoms. The Balaban J connectivity index is 1.43. The van der Waals surface area contributed by atoms with Gasteiger partial charge in [-0.3, -0.25) is 4.79 Å². The van der Waals surface area contributed by atoms with Crippen LogP contribution in [0.4, 0.5) is 5.69 Å². The number of nitrogens with zero attached hydrogens (tertiary/aromatic N) is 3. The van der Waals surface area contributed by atoms with Gasteiger partial charge in [-0.2, -0.15) is 4.98 Å². The van der Waals surface area contributed by atoms with Gasteiger partial charge in [0.2, 0.25) is 11.7 Å². The lowest BCUT2D eigenvalue weighted by molar-refractivity contribution is -0.117. The average Bonchev–Trinajstić information content (AvgIpc) is 3.30. The maximum absolute atomic E-state index is 11.9. The van der Waals surface area contributed by atoms with E-state index in [1.165, 1.54) is 0 Å². The smallest absolute Gasteiger partial charge is 0.264 e. The predicted molar refractivity (Wildman–Crippen MR) is 92.1 cm³/mol. The van der Waals surface area contributed by atoms with Crippen molar-refractivity contribution < 1.29 is 14.1 Å². The van der Waals surface area contributed by atoms with Gasteiger partial charge in [0.25, 0.3) is 5.89 Å². The van der Waals surface area contributed by atoms with E-state index >= 15 is 0 Å². The van der Waals surface area contributed by atoms with E-state index < -0.39 is 0 Å². The van der Waals surface area contributed by atoms with Crippen molar-refractivity contribution in [1.82, 2.24) is 10.1 Å². The van der Waals surface area contributed by atoms with Crippen molar-refractivity contribution >= 4 is 11.6 Å². The third kappa shape index (κ3) is 3.38. The molecular formula is C19H17N3O3. The third-order valence-electron chi connectivity index (χ3n) is 4.07. The van der Waals surface area contributed by atoms with E-state index in [-0.39, 0.29) is 12.5 Å². The number of carbonyl (C=O) groups excluding carboxylic acids is 1. The molecule has 1 aliphatic rings. The van der Waals surface area contributed by atoms with Crippen LogP contribution in [0.25, 0.3) is 11.4 Å². The molecule has 1 amide bonds. The molecule has 0 radical (unpaired) electrons. The van der Waals surface area contributed by atoms with E-state index in [0.29, 0.717) is 23.9 Å². The Morgan fingerprint density at radius 1 is 1.12 bits per heavy atom. The first-order valence-corrected chi connectivity index (χ1v) is 8.21. The summed E-state index contributed by atoms with van der Waals surface area (Å²) in [6.45, 7) is 0.934. The highest BCUT2D eigenvalue weighted by Gasteiger charge is 2.21. The highest BCUT2D eigenvalue weighted by molar-refractivity contribution is 5.95. The second-order valence-corrected chi connectivity index (χ2v) is 5.81. The maximum Gasteiger partial charge on any atom is 0.264 e. The van der Waals surface area contributed by atoms with E-state index in [0.717, 1.165) is 24.2 Å². The molecule has 25 heavy (non-hydrogen) atoms. The van der Waals surface area contributed by atoms with Crippen LogP contribution in [0.1, 0.15) is 18.7 Å². The quantitative estimate of drug-likeness (QED) is 0.714. The molecule has 1 saturated heterocycles. The number of benzene rings is 2. The largest absolute Gasteiger partial charge is 0.484 e. The fourth-order valence-electron chi connectivity index (χ4n) is 2.83. The molecule has 2 heterocycles. The molecule has 0 aliphatic carbocycles. The van der Waals surface area contributed by atoms with Crippen molar-refractivity contribution in [2.45, 2.75) is 19.4 Å². The summed E-state index contributed by atoms with van der Waals surface area (Å²) in [5.74, 6) is 1.76. The second kappa shape index (κ2) is 6.76. The SMILES string of the molecule is O=C1CCCN1c1cccc(OCc2nc(-c3ccccc3)no2)c1.